The second-order valence-electron chi connectivity index (χ2n) is 5.40. The van der Waals surface area contributed by atoms with Gasteiger partial charge >= 0.3 is 5.97 Å². The minimum atomic E-state index is -0.370. The molecule has 20 heavy (non-hydrogen) atoms. The van der Waals surface area contributed by atoms with Gasteiger partial charge in [-0.05, 0) is 33.8 Å². The number of esters is 1. The molecular formula is C15H26N2O3. The number of furan rings is 1. The van der Waals surface area contributed by atoms with Crippen molar-refractivity contribution >= 4 is 5.97 Å². The molecule has 0 fully saturated rings. The molecular weight excluding hydrogens is 256 g/mol. The predicted octanol–water partition coefficient (Wildman–Crippen LogP) is 2.27. The Bertz CT molecular complexity index is 405. The SMILES string of the molecule is COC(=O)c1coc(CNCCN(C(C)C)C(C)C)c1. The quantitative estimate of drug-likeness (QED) is 0.585. The molecule has 114 valence electrons. The molecule has 0 saturated carbocycles. The topological polar surface area (TPSA) is 54.7 Å². The molecule has 0 saturated heterocycles. The predicted molar refractivity (Wildman–Crippen MR) is 78.7 cm³/mol. The van der Waals surface area contributed by atoms with Gasteiger partial charge < -0.3 is 14.5 Å². The van der Waals surface area contributed by atoms with Gasteiger partial charge in [-0.25, -0.2) is 4.79 Å². The van der Waals surface area contributed by atoms with Crippen molar-refractivity contribution in [3.63, 3.8) is 0 Å². The van der Waals surface area contributed by atoms with E-state index < -0.39 is 0 Å². The zero-order valence-electron chi connectivity index (χ0n) is 13.1. The van der Waals surface area contributed by atoms with Gasteiger partial charge in [0, 0.05) is 25.2 Å². The van der Waals surface area contributed by atoms with Gasteiger partial charge in [-0.15, -0.1) is 0 Å². The summed E-state index contributed by atoms with van der Waals surface area (Å²) in [5.41, 5.74) is 0.454. The van der Waals surface area contributed by atoms with Crippen LogP contribution in [0.1, 0.15) is 43.8 Å². The highest BCUT2D eigenvalue weighted by molar-refractivity contribution is 5.88. The van der Waals surface area contributed by atoms with Gasteiger partial charge in [0.25, 0.3) is 0 Å². The number of hydrogen-bond acceptors (Lipinski definition) is 5. The van der Waals surface area contributed by atoms with Crippen molar-refractivity contribution < 1.29 is 13.9 Å². The Hall–Kier alpha value is -1.33. The molecule has 1 aromatic heterocycles. The first-order chi connectivity index (χ1) is 9.45. The molecule has 0 spiro atoms. The molecule has 0 aliphatic carbocycles. The fraction of sp³-hybridized carbons (Fsp3) is 0.667. The van der Waals surface area contributed by atoms with Crippen LogP contribution < -0.4 is 5.32 Å². The van der Waals surface area contributed by atoms with Crippen LogP contribution in [-0.4, -0.2) is 43.2 Å². The van der Waals surface area contributed by atoms with Crippen LogP contribution in [0.5, 0.6) is 0 Å². The Morgan fingerprint density at radius 1 is 1.35 bits per heavy atom. The number of rotatable bonds is 8. The van der Waals surface area contributed by atoms with E-state index in [0.29, 0.717) is 24.2 Å². The van der Waals surface area contributed by atoms with Crippen LogP contribution in [0.3, 0.4) is 0 Å². The Balaban J connectivity index is 2.34. The van der Waals surface area contributed by atoms with Gasteiger partial charge in [-0.3, -0.25) is 4.90 Å². The first kappa shape index (κ1) is 16.7. The maximum absolute atomic E-state index is 11.3. The molecule has 5 nitrogen and oxygen atoms in total. The largest absolute Gasteiger partial charge is 0.467 e. The number of nitrogens with zero attached hydrogens (tertiary/aromatic N) is 1. The van der Waals surface area contributed by atoms with Gasteiger partial charge in [-0.2, -0.15) is 0 Å². The van der Waals surface area contributed by atoms with E-state index in [1.165, 1.54) is 13.4 Å². The van der Waals surface area contributed by atoms with Gasteiger partial charge in [-0.1, -0.05) is 0 Å². The lowest BCUT2D eigenvalue weighted by molar-refractivity contribution is 0.0600. The summed E-state index contributed by atoms with van der Waals surface area (Å²) in [6.07, 6.45) is 1.43. The molecule has 0 aliphatic rings. The average molecular weight is 282 g/mol. The van der Waals surface area contributed by atoms with E-state index in [1.807, 2.05) is 0 Å². The summed E-state index contributed by atoms with van der Waals surface area (Å²) in [6, 6.07) is 2.78. The first-order valence-corrected chi connectivity index (χ1v) is 7.08. The lowest BCUT2D eigenvalue weighted by atomic mass is 10.2. The van der Waals surface area contributed by atoms with Crippen LogP contribution in [0.25, 0.3) is 0 Å². The number of nitrogens with one attached hydrogen (secondary N) is 1. The summed E-state index contributed by atoms with van der Waals surface area (Å²) in [5.74, 6) is 0.372. The van der Waals surface area contributed by atoms with E-state index in [4.69, 9.17) is 4.42 Å². The molecule has 1 heterocycles. The molecule has 1 rings (SSSR count). The lowest BCUT2D eigenvalue weighted by Crippen LogP contribution is -2.41. The minimum absolute atomic E-state index is 0.370. The molecule has 0 atom stereocenters. The van der Waals surface area contributed by atoms with Crippen molar-refractivity contribution in [3.05, 3.63) is 23.7 Å². The second-order valence-corrected chi connectivity index (χ2v) is 5.40. The van der Waals surface area contributed by atoms with E-state index >= 15 is 0 Å². The number of carbonyl (C=O) groups is 1. The van der Waals surface area contributed by atoms with Crippen LogP contribution in [0, 0.1) is 0 Å². The highest BCUT2D eigenvalue weighted by Gasteiger charge is 2.13. The molecule has 0 aliphatic heterocycles. The van der Waals surface area contributed by atoms with Crippen LogP contribution in [0.2, 0.25) is 0 Å². The third-order valence-corrected chi connectivity index (χ3v) is 3.25. The second kappa shape index (κ2) is 8.07. The summed E-state index contributed by atoms with van der Waals surface area (Å²) in [5, 5.41) is 3.32. The number of hydrogen-bond donors (Lipinski definition) is 1. The number of methoxy groups -OCH3 is 1. The Morgan fingerprint density at radius 3 is 2.55 bits per heavy atom. The molecule has 0 unspecified atom stereocenters. The molecule has 0 aromatic carbocycles. The van der Waals surface area contributed by atoms with E-state index in [1.54, 1.807) is 6.07 Å². The van der Waals surface area contributed by atoms with E-state index in [2.05, 4.69) is 42.6 Å². The van der Waals surface area contributed by atoms with Crippen molar-refractivity contribution in [2.24, 2.45) is 0 Å². The van der Waals surface area contributed by atoms with Gasteiger partial charge in [0.1, 0.15) is 12.0 Å². The standard InChI is InChI=1S/C15H26N2O3/c1-11(2)17(12(3)4)7-6-16-9-14-8-13(10-20-14)15(18)19-5/h8,10-12,16H,6-7,9H2,1-5H3. The third-order valence-electron chi connectivity index (χ3n) is 3.25. The Labute approximate surface area is 121 Å². The third kappa shape index (κ3) is 4.98. The van der Waals surface area contributed by atoms with E-state index in [9.17, 15) is 4.79 Å². The summed E-state index contributed by atoms with van der Waals surface area (Å²) in [6.45, 7) is 11.3. The smallest absolute Gasteiger partial charge is 0.341 e. The van der Waals surface area contributed by atoms with Crippen LogP contribution in [0.15, 0.2) is 16.7 Å². The lowest BCUT2D eigenvalue weighted by Gasteiger charge is -2.30. The summed E-state index contributed by atoms with van der Waals surface area (Å²) < 4.78 is 9.95. The van der Waals surface area contributed by atoms with Crippen molar-refractivity contribution in [1.82, 2.24) is 10.2 Å². The van der Waals surface area contributed by atoms with Crippen molar-refractivity contribution in [2.45, 2.75) is 46.3 Å². The zero-order valence-corrected chi connectivity index (χ0v) is 13.1. The van der Waals surface area contributed by atoms with Crippen LogP contribution >= 0.6 is 0 Å². The molecule has 0 bridgehead atoms. The number of carbonyl (C=O) groups excluding carboxylic acids is 1. The van der Waals surface area contributed by atoms with E-state index in [0.717, 1.165) is 18.8 Å². The van der Waals surface area contributed by atoms with Crippen molar-refractivity contribution in [3.8, 4) is 0 Å². The average Bonchev–Trinajstić information content (AvgIpc) is 2.85. The van der Waals surface area contributed by atoms with E-state index in [-0.39, 0.29) is 5.97 Å². The fourth-order valence-electron chi connectivity index (χ4n) is 2.23. The van der Waals surface area contributed by atoms with Gasteiger partial charge in [0.15, 0.2) is 0 Å². The highest BCUT2D eigenvalue weighted by Crippen LogP contribution is 2.09. The zero-order chi connectivity index (χ0) is 15.1. The molecule has 0 radical (unpaired) electrons. The fourth-order valence-corrected chi connectivity index (χ4v) is 2.23. The molecule has 0 amide bonds. The number of ether oxygens (including phenoxy) is 1. The molecule has 5 heteroatoms. The van der Waals surface area contributed by atoms with Gasteiger partial charge in [0.2, 0.25) is 0 Å². The van der Waals surface area contributed by atoms with Crippen LogP contribution in [0.4, 0.5) is 0 Å². The monoisotopic (exact) mass is 282 g/mol. The first-order valence-electron chi connectivity index (χ1n) is 7.08. The highest BCUT2D eigenvalue weighted by atomic mass is 16.5. The maximum Gasteiger partial charge on any atom is 0.341 e. The molecule has 1 N–H and O–H groups in total. The maximum atomic E-state index is 11.3. The normalized spacial score (nSPS) is 11.6. The van der Waals surface area contributed by atoms with Crippen molar-refractivity contribution in [1.29, 1.82) is 0 Å². The van der Waals surface area contributed by atoms with Crippen molar-refractivity contribution in [2.75, 3.05) is 20.2 Å². The van der Waals surface area contributed by atoms with Crippen LogP contribution in [-0.2, 0) is 11.3 Å². The Kier molecular flexibility index (Phi) is 6.75. The van der Waals surface area contributed by atoms with Gasteiger partial charge in [0.05, 0.1) is 19.2 Å². The Morgan fingerprint density at radius 2 is 2.00 bits per heavy atom. The minimum Gasteiger partial charge on any atom is -0.467 e. The summed E-state index contributed by atoms with van der Waals surface area (Å²) in [4.78, 5) is 13.7. The molecule has 1 aromatic rings. The summed E-state index contributed by atoms with van der Waals surface area (Å²) in [7, 11) is 1.36. The summed E-state index contributed by atoms with van der Waals surface area (Å²) >= 11 is 0.